The summed E-state index contributed by atoms with van der Waals surface area (Å²) in [5.74, 6) is 0.436. The molecule has 1 rings (SSSR count). The fourth-order valence-electron chi connectivity index (χ4n) is 1.64. The summed E-state index contributed by atoms with van der Waals surface area (Å²) in [5.41, 5.74) is 0.736. The predicted octanol–water partition coefficient (Wildman–Crippen LogP) is 1.34. The number of aromatic nitrogens is 1. The number of nitrogens with zero attached hydrogens (tertiary/aromatic N) is 3. The van der Waals surface area contributed by atoms with Gasteiger partial charge in [0.1, 0.15) is 0 Å². The average molecular weight is 238 g/mol. The lowest BCUT2D eigenvalue weighted by Gasteiger charge is -2.18. The van der Waals surface area contributed by atoms with Crippen molar-refractivity contribution in [3.63, 3.8) is 0 Å². The van der Waals surface area contributed by atoms with E-state index in [4.69, 9.17) is 0 Å². The van der Waals surface area contributed by atoms with E-state index in [0.29, 0.717) is 11.4 Å². The van der Waals surface area contributed by atoms with Gasteiger partial charge in [0.25, 0.3) is 0 Å². The summed E-state index contributed by atoms with van der Waals surface area (Å²) in [4.78, 5) is 16.6. The van der Waals surface area contributed by atoms with Crippen LogP contribution in [0, 0.1) is 17.0 Å². The lowest BCUT2D eigenvalue weighted by atomic mass is 10.2. The van der Waals surface area contributed by atoms with Gasteiger partial charge in [-0.3, -0.25) is 10.1 Å². The Morgan fingerprint density at radius 2 is 2.29 bits per heavy atom. The van der Waals surface area contributed by atoms with Crippen LogP contribution in [-0.4, -0.2) is 37.1 Å². The maximum atomic E-state index is 11.0. The maximum Gasteiger partial charge on any atom is 0.314 e. The molecule has 0 saturated heterocycles. The Bertz CT molecular complexity index is 395. The normalized spacial score (nSPS) is 10.3. The number of pyridine rings is 1. The Kier molecular flexibility index (Phi) is 4.84. The van der Waals surface area contributed by atoms with Gasteiger partial charge in [-0.05, 0) is 33.0 Å². The Morgan fingerprint density at radius 3 is 2.88 bits per heavy atom. The van der Waals surface area contributed by atoms with Crippen LogP contribution < -0.4 is 10.2 Å². The summed E-state index contributed by atoms with van der Waals surface area (Å²) in [7, 11) is 3.71. The molecule has 0 radical (unpaired) electrons. The third-order valence-corrected chi connectivity index (χ3v) is 2.57. The number of aryl methyl sites for hydroxylation is 1. The van der Waals surface area contributed by atoms with Crippen molar-refractivity contribution in [3.05, 3.63) is 27.9 Å². The number of rotatable bonds is 6. The zero-order valence-corrected chi connectivity index (χ0v) is 10.4. The van der Waals surface area contributed by atoms with Gasteiger partial charge in [0.15, 0.2) is 0 Å². The zero-order chi connectivity index (χ0) is 12.8. The first kappa shape index (κ1) is 13.4. The summed E-state index contributed by atoms with van der Waals surface area (Å²) >= 11 is 0. The van der Waals surface area contributed by atoms with Crippen molar-refractivity contribution < 1.29 is 4.92 Å². The molecule has 0 atom stereocenters. The van der Waals surface area contributed by atoms with E-state index in [9.17, 15) is 10.1 Å². The lowest BCUT2D eigenvalue weighted by molar-refractivity contribution is -0.384. The largest absolute Gasteiger partial charge is 0.354 e. The maximum absolute atomic E-state index is 11.0. The number of nitrogens with one attached hydrogen (secondary N) is 1. The first-order valence-corrected chi connectivity index (χ1v) is 5.53. The fourth-order valence-corrected chi connectivity index (χ4v) is 1.64. The van der Waals surface area contributed by atoms with Crippen LogP contribution in [0.2, 0.25) is 0 Å². The van der Waals surface area contributed by atoms with Crippen molar-refractivity contribution in [2.45, 2.75) is 13.3 Å². The van der Waals surface area contributed by atoms with E-state index >= 15 is 0 Å². The summed E-state index contributed by atoms with van der Waals surface area (Å²) in [6.07, 6.45) is 2.52. The van der Waals surface area contributed by atoms with Gasteiger partial charge in [-0.25, -0.2) is 4.98 Å². The molecule has 0 aliphatic heterocycles. The average Bonchev–Trinajstić information content (AvgIpc) is 2.28. The molecular formula is C11H18N4O2. The quantitative estimate of drug-likeness (QED) is 0.460. The van der Waals surface area contributed by atoms with E-state index < -0.39 is 0 Å². The molecule has 0 aliphatic rings. The summed E-state index contributed by atoms with van der Waals surface area (Å²) in [6.45, 7) is 3.34. The van der Waals surface area contributed by atoms with Gasteiger partial charge in [-0.1, -0.05) is 0 Å². The van der Waals surface area contributed by atoms with Crippen LogP contribution in [0.25, 0.3) is 0 Å². The second-order valence-corrected chi connectivity index (χ2v) is 3.94. The van der Waals surface area contributed by atoms with Gasteiger partial charge < -0.3 is 10.2 Å². The Hall–Kier alpha value is -1.69. The topological polar surface area (TPSA) is 71.3 Å². The standard InChI is InChI=1S/C11H18N4O2/c1-9-5-7-13-11(10(9)15(16)17)14(3)8-4-6-12-2/h5,7,12H,4,6,8H2,1-3H3. The molecule has 1 aromatic rings. The van der Waals surface area contributed by atoms with Crippen molar-refractivity contribution in [1.82, 2.24) is 10.3 Å². The second kappa shape index (κ2) is 6.15. The van der Waals surface area contributed by atoms with E-state index in [-0.39, 0.29) is 10.6 Å². The molecule has 94 valence electrons. The summed E-state index contributed by atoms with van der Waals surface area (Å²) in [5, 5.41) is 14.0. The van der Waals surface area contributed by atoms with Crippen LogP contribution in [0.3, 0.4) is 0 Å². The number of anilines is 1. The molecular weight excluding hydrogens is 220 g/mol. The monoisotopic (exact) mass is 238 g/mol. The molecule has 0 aliphatic carbocycles. The summed E-state index contributed by atoms with van der Waals surface area (Å²) < 4.78 is 0. The molecule has 17 heavy (non-hydrogen) atoms. The molecule has 0 bridgehead atoms. The van der Waals surface area contributed by atoms with Crippen molar-refractivity contribution >= 4 is 11.5 Å². The molecule has 1 N–H and O–H groups in total. The van der Waals surface area contributed by atoms with Crippen LogP contribution in [0.4, 0.5) is 11.5 Å². The van der Waals surface area contributed by atoms with E-state index in [2.05, 4.69) is 10.3 Å². The molecule has 0 spiro atoms. The second-order valence-electron chi connectivity index (χ2n) is 3.94. The molecule has 1 heterocycles. The van der Waals surface area contributed by atoms with Crippen molar-refractivity contribution in [1.29, 1.82) is 0 Å². The van der Waals surface area contributed by atoms with Crippen LogP contribution in [-0.2, 0) is 0 Å². The fraction of sp³-hybridized carbons (Fsp3) is 0.545. The highest BCUT2D eigenvalue weighted by atomic mass is 16.6. The Balaban J connectivity index is 2.89. The molecule has 0 unspecified atom stereocenters. The summed E-state index contributed by atoms with van der Waals surface area (Å²) in [6, 6.07) is 1.66. The Morgan fingerprint density at radius 1 is 1.59 bits per heavy atom. The van der Waals surface area contributed by atoms with Gasteiger partial charge in [0.2, 0.25) is 5.82 Å². The third kappa shape index (κ3) is 3.39. The van der Waals surface area contributed by atoms with Crippen LogP contribution in [0.15, 0.2) is 12.3 Å². The molecule has 6 nitrogen and oxygen atoms in total. The molecule has 0 fully saturated rings. The Labute approximate surface area is 101 Å². The van der Waals surface area contributed by atoms with Gasteiger partial charge in [-0.15, -0.1) is 0 Å². The van der Waals surface area contributed by atoms with Crippen molar-refractivity contribution in [2.24, 2.45) is 0 Å². The van der Waals surface area contributed by atoms with E-state index in [0.717, 1.165) is 19.5 Å². The van der Waals surface area contributed by atoms with Crippen LogP contribution in [0.5, 0.6) is 0 Å². The minimum absolute atomic E-state index is 0.0967. The smallest absolute Gasteiger partial charge is 0.314 e. The molecule has 1 aromatic heterocycles. The number of nitro groups is 1. The van der Waals surface area contributed by atoms with E-state index in [1.807, 2.05) is 19.0 Å². The van der Waals surface area contributed by atoms with Crippen LogP contribution in [0.1, 0.15) is 12.0 Å². The van der Waals surface area contributed by atoms with Gasteiger partial charge in [-0.2, -0.15) is 0 Å². The highest BCUT2D eigenvalue weighted by molar-refractivity contribution is 5.60. The SMILES string of the molecule is CNCCCN(C)c1nccc(C)c1[N+](=O)[O-]. The van der Waals surface area contributed by atoms with Gasteiger partial charge in [0.05, 0.1) is 4.92 Å². The first-order valence-electron chi connectivity index (χ1n) is 5.53. The molecule has 6 heteroatoms. The molecule has 0 saturated carbocycles. The predicted molar refractivity (Wildman–Crippen MR) is 67.4 cm³/mol. The third-order valence-electron chi connectivity index (χ3n) is 2.57. The molecule has 0 aromatic carbocycles. The van der Waals surface area contributed by atoms with Crippen molar-refractivity contribution in [3.8, 4) is 0 Å². The van der Waals surface area contributed by atoms with Crippen LogP contribution >= 0.6 is 0 Å². The van der Waals surface area contributed by atoms with Gasteiger partial charge in [0, 0.05) is 25.4 Å². The first-order chi connectivity index (χ1) is 8.07. The highest BCUT2D eigenvalue weighted by Crippen LogP contribution is 2.27. The minimum atomic E-state index is -0.369. The number of hydrogen-bond donors (Lipinski definition) is 1. The zero-order valence-electron chi connectivity index (χ0n) is 10.4. The number of hydrogen-bond acceptors (Lipinski definition) is 5. The highest BCUT2D eigenvalue weighted by Gasteiger charge is 2.20. The molecule has 0 amide bonds. The lowest BCUT2D eigenvalue weighted by Crippen LogP contribution is -2.24. The minimum Gasteiger partial charge on any atom is -0.354 e. The van der Waals surface area contributed by atoms with E-state index in [1.165, 1.54) is 0 Å². The van der Waals surface area contributed by atoms with E-state index in [1.54, 1.807) is 19.2 Å². The van der Waals surface area contributed by atoms with Crippen molar-refractivity contribution in [2.75, 3.05) is 32.1 Å². The van der Waals surface area contributed by atoms with Gasteiger partial charge >= 0.3 is 5.69 Å².